The van der Waals surface area contributed by atoms with Gasteiger partial charge in [0.2, 0.25) is 0 Å². The van der Waals surface area contributed by atoms with Crippen molar-refractivity contribution in [3.8, 4) is 0 Å². The Morgan fingerprint density at radius 2 is 2.11 bits per heavy atom. The van der Waals surface area contributed by atoms with E-state index in [4.69, 9.17) is 0 Å². The highest BCUT2D eigenvalue weighted by Crippen LogP contribution is 2.15. The first-order valence-corrected chi connectivity index (χ1v) is 6.64. The van der Waals surface area contributed by atoms with Crippen LogP contribution in [0.25, 0.3) is 0 Å². The second kappa shape index (κ2) is 6.14. The molecule has 0 amide bonds. The molecule has 0 aliphatic carbocycles. The van der Waals surface area contributed by atoms with Gasteiger partial charge in [-0.2, -0.15) is 5.10 Å². The van der Waals surface area contributed by atoms with E-state index >= 15 is 0 Å². The third-order valence-corrected chi connectivity index (χ3v) is 3.09. The summed E-state index contributed by atoms with van der Waals surface area (Å²) in [7, 11) is 0. The van der Waals surface area contributed by atoms with E-state index in [9.17, 15) is 9.90 Å². The Balaban J connectivity index is 2.58. The molecular formula is C13H24N4O2. The summed E-state index contributed by atoms with van der Waals surface area (Å²) in [6, 6.07) is 0.136. The molecule has 2 N–H and O–H groups in total. The fourth-order valence-electron chi connectivity index (χ4n) is 2.23. The molecule has 1 aromatic rings. The molecule has 0 aliphatic heterocycles. The van der Waals surface area contributed by atoms with E-state index in [-0.39, 0.29) is 6.04 Å². The van der Waals surface area contributed by atoms with Crippen molar-refractivity contribution in [1.29, 1.82) is 0 Å². The third kappa shape index (κ3) is 4.31. The maximum absolute atomic E-state index is 11.4. The van der Waals surface area contributed by atoms with Crippen molar-refractivity contribution >= 4 is 5.97 Å². The van der Waals surface area contributed by atoms with Crippen LogP contribution in [0, 0.1) is 13.8 Å². The lowest BCUT2D eigenvalue weighted by molar-refractivity contribution is -0.144. The van der Waals surface area contributed by atoms with Crippen LogP contribution in [-0.2, 0) is 11.3 Å². The Labute approximate surface area is 114 Å². The summed E-state index contributed by atoms with van der Waals surface area (Å²) in [5, 5.41) is 16.7. The quantitative estimate of drug-likeness (QED) is 0.783. The number of aryl methyl sites for hydroxylation is 3. The Morgan fingerprint density at radius 1 is 1.47 bits per heavy atom. The van der Waals surface area contributed by atoms with Crippen molar-refractivity contribution in [2.24, 2.45) is 0 Å². The van der Waals surface area contributed by atoms with Gasteiger partial charge in [-0.3, -0.25) is 14.8 Å². The van der Waals surface area contributed by atoms with E-state index in [1.165, 1.54) is 0 Å². The molecule has 0 saturated heterocycles. The molecule has 1 aromatic heterocycles. The number of aliphatic carboxylic acids is 1. The minimum atomic E-state index is -0.891. The molecule has 6 nitrogen and oxygen atoms in total. The SMILES string of the molecule is Cc1nc(C)n(CCCC(C)(NC(C)C)C(=O)O)n1. The average molecular weight is 268 g/mol. The summed E-state index contributed by atoms with van der Waals surface area (Å²) in [5.74, 6) is 0.804. The van der Waals surface area contributed by atoms with Crippen LogP contribution in [0.2, 0.25) is 0 Å². The van der Waals surface area contributed by atoms with Crippen molar-refractivity contribution in [2.75, 3.05) is 0 Å². The predicted molar refractivity (Wildman–Crippen MR) is 73.0 cm³/mol. The normalized spacial score (nSPS) is 14.6. The first-order valence-electron chi connectivity index (χ1n) is 6.64. The molecule has 0 fully saturated rings. The number of carbonyl (C=O) groups is 1. The van der Waals surface area contributed by atoms with E-state index in [1.807, 2.05) is 32.4 Å². The predicted octanol–water partition coefficient (Wildman–Crippen LogP) is 1.52. The van der Waals surface area contributed by atoms with Crippen LogP contribution in [0.4, 0.5) is 0 Å². The lowest BCUT2D eigenvalue weighted by atomic mass is 9.95. The van der Waals surface area contributed by atoms with E-state index in [2.05, 4.69) is 15.4 Å². The van der Waals surface area contributed by atoms with E-state index in [1.54, 1.807) is 6.92 Å². The van der Waals surface area contributed by atoms with E-state index in [0.29, 0.717) is 13.0 Å². The molecule has 6 heteroatoms. The number of hydrogen-bond acceptors (Lipinski definition) is 4. The molecule has 108 valence electrons. The smallest absolute Gasteiger partial charge is 0.323 e. The van der Waals surface area contributed by atoms with Crippen molar-refractivity contribution in [2.45, 2.75) is 65.6 Å². The zero-order valence-electron chi connectivity index (χ0n) is 12.4. The van der Waals surface area contributed by atoms with Gasteiger partial charge in [-0.1, -0.05) is 0 Å². The number of carboxylic acids is 1. The van der Waals surface area contributed by atoms with Crippen molar-refractivity contribution in [3.63, 3.8) is 0 Å². The Kier molecular flexibility index (Phi) is 5.05. The highest BCUT2D eigenvalue weighted by atomic mass is 16.4. The summed E-state index contributed by atoms with van der Waals surface area (Å²) in [6.45, 7) is 10.1. The molecular weight excluding hydrogens is 244 g/mol. The van der Waals surface area contributed by atoms with Gasteiger partial charge in [-0.05, 0) is 47.5 Å². The lowest BCUT2D eigenvalue weighted by Crippen LogP contribution is -2.52. The van der Waals surface area contributed by atoms with Crippen LogP contribution in [0.1, 0.15) is 45.3 Å². The van der Waals surface area contributed by atoms with Crippen LogP contribution >= 0.6 is 0 Å². The third-order valence-electron chi connectivity index (χ3n) is 3.09. The van der Waals surface area contributed by atoms with Gasteiger partial charge in [-0.15, -0.1) is 0 Å². The molecule has 0 saturated carbocycles. The monoisotopic (exact) mass is 268 g/mol. The standard InChI is InChI=1S/C13H24N4O2/c1-9(2)15-13(5,12(18)19)7-6-8-17-11(4)14-10(3)16-17/h9,15H,6-8H2,1-5H3,(H,18,19). The van der Waals surface area contributed by atoms with Crippen molar-refractivity contribution < 1.29 is 9.90 Å². The number of aromatic nitrogens is 3. The van der Waals surface area contributed by atoms with E-state index in [0.717, 1.165) is 18.1 Å². The summed E-state index contributed by atoms with van der Waals surface area (Å²) in [4.78, 5) is 15.6. The average Bonchev–Trinajstić information content (AvgIpc) is 2.56. The first-order chi connectivity index (χ1) is 8.74. The van der Waals surface area contributed by atoms with Gasteiger partial charge >= 0.3 is 5.97 Å². The van der Waals surface area contributed by atoms with Crippen molar-refractivity contribution in [3.05, 3.63) is 11.6 Å². The van der Waals surface area contributed by atoms with Crippen LogP contribution in [0.5, 0.6) is 0 Å². The van der Waals surface area contributed by atoms with E-state index < -0.39 is 11.5 Å². The highest BCUT2D eigenvalue weighted by molar-refractivity contribution is 5.78. The number of hydrogen-bond donors (Lipinski definition) is 2. The second-order valence-corrected chi connectivity index (χ2v) is 5.47. The van der Waals surface area contributed by atoms with Gasteiger partial charge < -0.3 is 5.11 Å². The summed E-state index contributed by atoms with van der Waals surface area (Å²) in [6.07, 6.45) is 1.30. The van der Waals surface area contributed by atoms with Crippen LogP contribution in [-0.4, -0.2) is 37.4 Å². The summed E-state index contributed by atoms with van der Waals surface area (Å²) in [5.41, 5.74) is -0.891. The first kappa shape index (κ1) is 15.6. The van der Waals surface area contributed by atoms with Crippen molar-refractivity contribution in [1.82, 2.24) is 20.1 Å². The van der Waals surface area contributed by atoms with Crippen LogP contribution in [0.15, 0.2) is 0 Å². The fraction of sp³-hybridized carbons (Fsp3) is 0.769. The second-order valence-electron chi connectivity index (χ2n) is 5.47. The number of nitrogens with one attached hydrogen (secondary N) is 1. The maximum atomic E-state index is 11.4. The fourth-order valence-corrected chi connectivity index (χ4v) is 2.23. The largest absolute Gasteiger partial charge is 0.480 e. The number of nitrogens with zero attached hydrogens (tertiary/aromatic N) is 3. The molecule has 0 spiro atoms. The Hall–Kier alpha value is -1.43. The van der Waals surface area contributed by atoms with Gasteiger partial charge in [0.1, 0.15) is 17.2 Å². The zero-order valence-corrected chi connectivity index (χ0v) is 12.4. The Morgan fingerprint density at radius 3 is 2.53 bits per heavy atom. The molecule has 19 heavy (non-hydrogen) atoms. The lowest BCUT2D eigenvalue weighted by Gasteiger charge is -2.28. The molecule has 0 aromatic carbocycles. The van der Waals surface area contributed by atoms with Gasteiger partial charge in [0.25, 0.3) is 0 Å². The van der Waals surface area contributed by atoms with Crippen LogP contribution in [0.3, 0.4) is 0 Å². The molecule has 0 bridgehead atoms. The highest BCUT2D eigenvalue weighted by Gasteiger charge is 2.32. The minimum absolute atomic E-state index is 0.136. The zero-order chi connectivity index (χ0) is 14.6. The van der Waals surface area contributed by atoms with Gasteiger partial charge in [0.15, 0.2) is 0 Å². The molecule has 0 aliphatic rings. The molecule has 1 heterocycles. The molecule has 0 radical (unpaired) electrons. The number of carboxylic acid groups (broad SMARTS) is 1. The van der Waals surface area contributed by atoms with Gasteiger partial charge in [0, 0.05) is 12.6 Å². The molecule has 1 unspecified atom stereocenters. The maximum Gasteiger partial charge on any atom is 0.323 e. The topological polar surface area (TPSA) is 80.0 Å². The van der Waals surface area contributed by atoms with Gasteiger partial charge in [0.05, 0.1) is 0 Å². The summed E-state index contributed by atoms with van der Waals surface area (Å²) >= 11 is 0. The van der Waals surface area contributed by atoms with Gasteiger partial charge in [-0.25, -0.2) is 4.98 Å². The Bertz CT molecular complexity index is 442. The molecule has 1 rings (SSSR count). The van der Waals surface area contributed by atoms with Crippen LogP contribution < -0.4 is 5.32 Å². The summed E-state index contributed by atoms with van der Waals surface area (Å²) < 4.78 is 1.83. The molecule has 1 atom stereocenters. The minimum Gasteiger partial charge on any atom is -0.480 e. The number of rotatable bonds is 7.